The molecule has 0 atom stereocenters. The zero-order valence-electron chi connectivity index (χ0n) is 7.13. The molecule has 0 heterocycles. The van der Waals surface area contributed by atoms with E-state index >= 15 is 0 Å². The van der Waals surface area contributed by atoms with Crippen LogP contribution in [0.4, 0.5) is 10.5 Å². The number of aryl methyl sites for hydroxylation is 1. The van der Waals surface area contributed by atoms with Crippen LogP contribution in [0.3, 0.4) is 0 Å². The Morgan fingerprint density at radius 2 is 1.92 bits per heavy atom. The van der Waals surface area contributed by atoms with Crippen LogP contribution >= 0.6 is 11.8 Å². The summed E-state index contributed by atoms with van der Waals surface area (Å²) in [4.78, 5) is 10.9. The monoisotopic (exact) mass is 181 g/mol. The lowest BCUT2D eigenvalue weighted by Crippen LogP contribution is -2.03. The first kappa shape index (κ1) is 9.13. The predicted octanol–water partition coefficient (Wildman–Crippen LogP) is 2.89. The van der Waals surface area contributed by atoms with E-state index in [2.05, 4.69) is 5.32 Å². The summed E-state index contributed by atoms with van der Waals surface area (Å²) in [5.74, 6) is 0. The van der Waals surface area contributed by atoms with E-state index in [0.29, 0.717) is 0 Å². The number of benzene rings is 1. The van der Waals surface area contributed by atoms with Gasteiger partial charge in [-0.2, -0.15) is 0 Å². The van der Waals surface area contributed by atoms with Crippen LogP contribution in [0, 0.1) is 6.92 Å². The van der Waals surface area contributed by atoms with Crippen molar-refractivity contribution in [3.05, 3.63) is 29.8 Å². The van der Waals surface area contributed by atoms with Gasteiger partial charge in [-0.05, 0) is 25.3 Å². The number of nitrogens with one attached hydrogen (secondary N) is 1. The van der Waals surface area contributed by atoms with E-state index in [4.69, 9.17) is 0 Å². The van der Waals surface area contributed by atoms with Crippen LogP contribution in [-0.4, -0.2) is 11.5 Å². The number of hydrogen-bond acceptors (Lipinski definition) is 2. The van der Waals surface area contributed by atoms with Crippen molar-refractivity contribution >= 4 is 22.7 Å². The van der Waals surface area contributed by atoms with Gasteiger partial charge in [-0.15, -0.1) is 0 Å². The molecule has 3 heteroatoms. The molecule has 1 rings (SSSR count). The van der Waals surface area contributed by atoms with E-state index < -0.39 is 0 Å². The Labute approximate surface area is 76.4 Å². The van der Waals surface area contributed by atoms with Gasteiger partial charge in [0.15, 0.2) is 0 Å². The number of carbonyl (C=O) groups is 1. The number of thioether (sulfide) groups is 1. The number of carbonyl (C=O) groups excluding carboxylic acids is 1. The summed E-state index contributed by atoms with van der Waals surface area (Å²) in [6, 6.07) is 7.72. The van der Waals surface area contributed by atoms with E-state index in [1.54, 1.807) is 6.26 Å². The van der Waals surface area contributed by atoms with Crippen molar-refractivity contribution in [3.8, 4) is 0 Å². The van der Waals surface area contributed by atoms with Gasteiger partial charge in [-0.3, -0.25) is 4.79 Å². The molecule has 1 aromatic rings. The highest BCUT2D eigenvalue weighted by molar-refractivity contribution is 8.13. The standard InChI is InChI=1S/C9H11NOS/c1-7-3-5-8(6-4-7)10-9(11)12-2/h3-6H,1-2H3,(H,10,11). The fourth-order valence-electron chi connectivity index (χ4n) is 0.806. The van der Waals surface area contributed by atoms with Crippen LogP contribution < -0.4 is 5.32 Å². The number of hydrogen-bond donors (Lipinski definition) is 1. The normalized spacial score (nSPS) is 9.50. The molecule has 0 unspecified atom stereocenters. The minimum atomic E-state index is -0.0288. The lowest BCUT2D eigenvalue weighted by molar-refractivity contribution is 0.270. The molecule has 2 nitrogen and oxygen atoms in total. The first-order chi connectivity index (χ1) is 5.72. The number of rotatable bonds is 1. The largest absolute Gasteiger partial charge is 0.317 e. The van der Waals surface area contributed by atoms with Gasteiger partial charge < -0.3 is 5.32 Å². The summed E-state index contributed by atoms with van der Waals surface area (Å²) in [7, 11) is 0. The molecule has 0 radical (unpaired) electrons. The fourth-order valence-corrected chi connectivity index (χ4v) is 1.03. The summed E-state index contributed by atoms with van der Waals surface area (Å²) < 4.78 is 0. The molecule has 0 aliphatic heterocycles. The zero-order chi connectivity index (χ0) is 8.97. The molecular weight excluding hydrogens is 170 g/mol. The maximum atomic E-state index is 10.9. The second-order valence-electron chi connectivity index (χ2n) is 2.48. The fraction of sp³-hybridized carbons (Fsp3) is 0.222. The quantitative estimate of drug-likeness (QED) is 0.721. The molecule has 64 valence electrons. The van der Waals surface area contributed by atoms with Crippen LogP contribution in [-0.2, 0) is 0 Å². The predicted molar refractivity (Wildman–Crippen MR) is 53.7 cm³/mol. The summed E-state index contributed by atoms with van der Waals surface area (Å²) in [5, 5.41) is 2.71. The average molecular weight is 181 g/mol. The van der Waals surface area contributed by atoms with Crippen LogP contribution in [0.25, 0.3) is 0 Å². The average Bonchev–Trinajstić information content (AvgIpc) is 2.09. The smallest absolute Gasteiger partial charge is 0.283 e. The minimum Gasteiger partial charge on any atom is -0.317 e. The van der Waals surface area contributed by atoms with E-state index in [1.807, 2.05) is 31.2 Å². The summed E-state index contributed by atoms with van der Waals surface area (Å²) in [6.07, 6.45) is 1.75. The van der Waals surface area contributed by atoms with Crippen molar-refractivity contribution in [2.24, 2.45) is 0 Å². The molecule has 0 fully saturated rings. The van der Waals surface area contributed by atoms with Gasteiger partial charge in [0.25, 0.3) is 5.24 Å². The van der Waals surface area contributed by atoms with Crippen molar-refractivity contribution in [2.75, 3.05) is 11.6 Å². The highest BCUT2D eigenvalue weighted by Crippen LogP contribution is 2.10. The van der Waals surface area contributed by atoms with Gasteiger partial charge in [-0.1, -0.05) is 29.5 Å². The molecule has 1 aromatic carbocycles. The topological polar surface area (TPSA) is 29.1 Å². The van der Waals surface area contributed by atoms with Crippen molar-refractivity contribution in [2.45, 2.75) is 6.92 Å². The molecule has 1 amide bonds. The van der Waals surface area contributed by atoms with Crippen molar-refractivity contribution in [1.29, 1.82) is 0 Å². The second kappa shape index (κ2) is 4.16. The van der Waals surface area contributed by atoms with Crippen molar-refractivity contribution < 1.29 is 4.79 Å². The van der Waals surface area contributed by atoms with Crippen molar-refractivity contribution in [1.82, 2.24) is 0 Å². The van der Waals surface area contributed by atoms with Gasteiger partial charge in [-0.25, -0.2) is 0 Å². The third-order valence-electron chi connectivity index (χ3n) is 1.48. The van der Waals surface area contributed by atoms with Gasteiger partial charge in [0.2, 0.25) is 0 Å². The Morgan fingerprint density at radius 1 is 1.33 bits per heavy atom. The van der Waals surface area contributed by atoms with Crippen LogP contribution in [0.5, 0.6) is 0 Å². The molecule has 0 saturated heterocycles. The zero-order valence-corrected chi connectivity index (χ0v) is 7.94. The Bertz CT molecular complexity index is 268. The second-order valence-corrected chi connectivity index (χ2v) is 3.26. The number of anilines is 1. The Hall–Kier alpha value is -0.960. The molecule has 0 saturated carbocycles. The molecular formula is C9H11NOS. The third kappa shape index (κ3) is 2.58. The molecule has 0 aliphatic carbocycles. The molecule has 0 aliphatic rings. The summed E-state index contributed by atoms with van der Waals surface area (Å²) in [5.41, 5.74) is 2.04. The first-order valence-corrected chi connectivity index (χ1v) is 4.86. The maximum absolute atomic E-state index is 10.9. The van der Waals surface area contributed by atoms with E-state index in [9.17, 15) is 4.79 Å². The lowest BCUT2D eigenvalue weighted by Gasteiger charge is -2.01. The summed E-state index contributed by atoms with van der Waals surface area (Å²) >= 11 is 1.17. The number of amides is 1. The van der Waals surface area contributed by atoms with E-state index in [-0.39, 0.29) is 5.24 Å². The van der Waals surface area contributed by atoms with Gasteiger partial charge >= 0.3 is 0 Å². The van der Waals surface area contributed by atoms with E-state index in [0.717, 1.165) is 5.69 Å². The van der Waals surface area contributed by atoms with Gasteiger partial charge in [0.05, 0.1) is 0 Å². The Kier molecular flexibility index (Phi) is 3.17. The Morgan fingerprint density at radius 3 is 2.42 bits per heavy atom. The molecule has 12 heavy (non-hydrogen) atoms. The summed E-state index contributed by atoms with van der Waals surface area (Å²) in [6.45, 7) is 2.01. The van der Waals surface area contributed by atoms with E-state index in [1.165, 1.54) is 17.3 Å². The third-order valence-corrected chi connectivity index (χ3v) is 1.96. The van der Waals surface area contributed by atoms with Gasteiger partial charge in [0, 0.05) is 5.69 Å². The van der Waals surface area contributed by atoms with Crippen LogP contribution in [0.15, 0.2) is 24.3 Å². The molecule has 0 spiro atoms. The molecule has 0 bridgehead atoms. The minimum absolute atomic E-state index is 0.0288. The molecule has 1 N–H and O–H groups in total. The highest BCUT2D eigenvalue weighted by atomic mass is 32.2. The lowest BCUT2D eigenvalue weighted by atomic mass is 10.2. The van der Waals surface area contributed by atoms with Gasteiger partial charge in [0.1, 0.15) is 0 Å². The first-order valence-electron chi connectivity index (χ1n) is 3.64. The maximum Gasteiger partial charge on any atom is 0.283 e. The molecule has 0 aromatic heterocycles. The Balaban J connectivity index is 2.64. The van der Waals surface area contributed by atoms with Crippen molar-refractivity contribution in [3.63, 3.8) is 0 Å². The SMILES string of the molecule is CSC(=O)Nc1ccc(C)cc1. The van der Waals surface area contributed by atoms with Crippen LogP contribution in [0.2, 0.25) is 0 Å². The highest BCUT2D eigenvalue weighted by Gasteiger charge is 1.97. The van der Waals surface area contributed by atoms with Crippen LogP contribution in [0.1, 0.15) is 5.56 Å².